The summed E-state index contributed by atoms with van der Waals surface area (Å²) in [5, 5.41) is 20.7. The number of benzene rings is 1. The van der Waals surface area contributed by atoms with E-state index in [-0.39, 0.29) is 0 Å². The van der Waals surface area contributed by atoms with Gasteiger partial charge in [0.25, 0.3) is 0 Å². The molecule has 0 amide bonds. The molecule has 5 rings (SSSR count). The number of aromatic amines is 1. The van der Waals surface area contributed by atoms with Crippen molar-refractivity contribution in [2.75, 3.05) is 0 Å². The van der Waals surface area contributed by atoms with Crippen molar-refractivity contribution in [3.8, 4) is 28.6 Å². The van der Waals surface area contributed by atoms with E-state index in [9.17, 15) is 0 Å². The highest BCUT2D eigenvalue weighted by Gasteiger charge is 2.25. The van der Waals surface area contributed by atoms with Crippen LogP contribution in [0.25, 0.3) is 22.5 Å². The Morgan fingerprint density at radius 2 is 2.19 bits per heavy atom. The standard InChI is InChI=1S/C19H13N7/c20-7-15-3-2-13(8-22-15)18-17-6-14-5-12(9-26-11-21-10-23-26)1-4-16(14)19(17)25-24-18/h1-5,8,10-11H,6,9H2,(H,24,25). The van der Waals surface area contributed by atoms with Crippen LogP contribution in [-0.4, -0.2) is 29.9 Å². The van der Waals surface area contributed by atoms with Crippen LogP contribution in [0.1, 0.15) is 22.4 Å². The zero-order valence-electron chi connectivity index (χ0n) is 13.7. The summed E-state index contributed by atoms with van der Waals surface area (Å²) >= 11 is 0. The van der Waals surface area contributed by atoms with Crippen molar-refractivity contribution in [2.24, 2.45) is 0 Å². The minimum atomic E-state index is 0.405. The van der Waals surface area contributed by atoms with Crippen LogP contribution in [0.2, 0.25) is 0 Å². The molecule has 1 aliphatic carbocycles. The van der Waals surface area contributed by atoms with Crippen LogP contribution in [0.5, 0.6) is 0 Å². The molecule has 3 aromatic heterocycles. The van der Waals surface area contributed by atoms with Gasteiger partial charge in [0.2, 0.25) is 0 Å². The van der Waals surface area contributed by atoms with E-state index in [1.165, 1.54) is 22.3 Å². The van der Waals surface area contributed by atoms with Gasteiger partial charge in [-0.15, -0.1) is 0 Å². The predicted octanol–water partition coefficient (Wildman–Crippen LogP) is 2.55. The molecular weight excluding hydrogens is 326 g/mol. The van der Waals surface area contributed by atoms with Crippen molar-refractivity contribution in [3.63, 3.8) is 0 Å². The molecule has 1 aromatic carbocycles. The number of aromatic nitrogens is 6. The summed E-state index contributed by atoms with van der Waals surface area (Å²) in [6.45, 7) is 0.700. The summed E-state index contributed by atoms with van der Waals surface area (Å²) in [4.78, 5) is 8.14. The Hall–Kier alpha value is -3.79. The summed E-state index contributed by atoms with van der Waals surface area (Å²) in [5.41, 5.74) is 8.09. The second kappa shape index (κ2) is 5.63. The fourth-order valence-electron chi connectivity index (χ4n) is 3.43. The molecular formula is C19H13N7. The monoisotopic (exact) mass is 339 g/mol. The molecule has 1 aliphatic rings. The number of nitrogens with one attached hydrogen (secondary N) is 1. The van der Waals surface area contributed by atoms with Gasteiger partial charge in [-0.3, -0.25) is 5.10 Å². The Bertz CT molecular complexity index is 1130. The second-order valence-corrected chi connectivity index (χ2v) is 6.23. The van der Waals surface area contributed by atoms with Gasteiger partial charge in [-0.2, -0.15) is 15.5 Å². The minimum absolute atomic E-state index is 0.405. The number of hydrogen-bond acceptors (Lipinski definition) is 5. The molecule has 0 saturated carbocycles. The summed E-state index contributed by atoms with van der Waals surface area (Å²) in [5.74, 6) is 0. The van der Waals surface area contributed by atoms with Crippen molar-refractivity contribution in [3.05, 3.63) is 71.6 Å². The van der Waals surface area contributed by atoms with Crippen molar-refractivity contribution < 1.29 is 0 Å². The highest BCUT2D eigenvalue weighted by atomic mass is 15.3. The van der Waals surface area contributed by atoms with E-state index >= 15 is 0 Å². The first-order chi connectivity index (χ1) is 12.8. The smallest absolute Gasteiger partial charge is 0.140 e. The Balaban J connectivity index is 1.49. The van der Waals surface area contributed by atoms with Crippen LogP contribution < -0.4 is 0 Å². The van der Waals surface area contributed by atoms with Crippen LogP contribution in [-0.2, 0) is 13.0 Å². The molecule has 1 N–H and O–H groups in total. The Morgan fingerprint density at radius 1 is 1.23 bits per heavy atom. The van der Waals surface area contributed by atoms with E-state index < -0.39 is 0 Å². The molecule has 4 aromatic rings. The summed E-state index contributed by atoms with van der Waals surface area (Å²) in [6.07, 6.45) is 5.78. The van der Waals surface area contributed by atoms with Gasteiger partial charge in [-0.25, -0.2) is 14.6 Å². The SMILES string of the molecule is N#Cc1ccc(-c2n[nH]c3c2Cc2cc(Cn4cncn4)ccc2-3)cn1. The average Bonchev–Trinajstić information content (AvgIpc) is 3.38. The molecule has 7 heteroatoms. The van der Waals surface area contributed by atoms with E-state index in [0.29, 0.717) is 12.2 Å². The zero-order valence-corrected chi connectivity index (χ0v) is 13.7. The molecule has 3 heterocycles. The molecule has 26 heavy (non-hydrogen) atoms. The molecule has 0 unspecified atom stereocenters. The van der Waals surface area contributed by atoms with E-state index in [4.69, 9.17) is 5.26 Å². The van der Waals surface area contributed by atoms with Crippen LogP contribution in [0, 0.1) is 11.3 Å². The molecule has 7 nitrogen and oxygen atoms in total. The van der Waals surface area contributed by atoms with Gasteiger partial charge in [-0.1, -0.05) is 18.2 Å². The number of pyridine rings is 1. The summed E-state index contributed by atoms with van der Waals surface area (Å²) < 4.78 is 1.81. The maximum atomic E-state index is 8.91. The number of H-pyrrole nitrogens is 1. The minimum Gasteiger partial charge on any atom is -0.277 e. The lowest BCUT2D eigenvalue weighted by Gasteiger charge is -2.05. The van der Waals surface area contributed by atoms with Gasteiger partial charge in [0, 0.05) is 29.3 Å². The van der Waals surface area contributed by atoms with Crippen LogP contribution >= 0.6 is 0 Å². The average molecular weight is 339 g/mol. The number of fused-ring (bicyclic) bond motifs is 3. The predicted molar refractivity (Wildman–Crippen MR) is 93.9 cm³/mol. The van der Waals surface area contributed by atoms with Crippen molar-refractivity contribution in [1.82, 2.24) is 29.9 Å². The molecule has 0 atom stereocenters. The maximum Gasteiger partial charge on any atom is 0.140 e. The van der Waals surface area contributed by atoms with E-state index in [1.54, 1.807) is 24.9 Å². The van der Waals surface area contributed by atoms with Crippen LogP contribution in [0.4, 0.5) is 0 Å². The third kappa shape index (κ3) is 2.28. The summed E-state index contributed by atoms with van der Waals surface area (Å²) in [6, 6.07) is 12.1. The second-order valence-electron chi connectivity index (χ2n) is 6.23. The Morgan fingerprint density at radius 3 is 2.96 bits per heavy atom. The number of nitriles is 1. The van der Waals surface area contributed by atoms with Gasteiger partial charge in [0.05, 0.1) is 17.9 Å². The number of hydrogen-bond donors (Lipinski definition) is 1. The number of rotatable bonds is 3. The highest BCUT2D eigenvalue weighted by molar-refractivity contribution is 5.81. The van der Waals surface area contributed by atoms with Gasteiger partial charge in [0.15, 0.2) is 0 Å². The molecule has 0 aliphatic heterocycles. The molecule has 0 bridgehead atoms. The normalized spacial score (nSPS) is 11.8. The first kappa shape index (κ1) is 14.5. The topological polar surface area (TPSA) is 96.1 Å². The molecule has 0 spiro atoms. The first-order valence-electron chi connectivity index (χ1n) is 8.20. The fourth-order valence-corrected chi connectivity index (χ4v) is 3.43. The Kier molecular flexibility index (Phi) is 3.15. The van der Waals surface area contributed by atoms with Gasteiger partial charge in [-0.05, 0) is 23.3 Å². The molecule has 124 valence electrons. The Labute approximate surface area is 149 Å². The quantitative estimate of drug-likeness (QED) is 0.545. The maximum absolute atomic E-state index is 8.91. The van der Waals surface area contributed by atoms with Crippen molar-refractivity contribution in [1.29, 1.82) is 5.26 Å². The lowest BCUT2D eigenvalue weighted by molar-refractivity contribution is 0.684. The molecule has 0 saturated heterocycles. The molecule has 0 radical (unpaired) electrons. The van der Waals surface area contributed by atoms with Gasteiger partial charge in [0.1, 0.15) is 24.4 Å². The van der Waals surface area contributed by atoms with E-state index in [1.807, 2.05) is 16.8 Å². The lowest BCUT2D eigenvalue weighted by Crippen LogP contribution is -2.00. The van der Waals surface area contributed by atoms with Crippen molar-refractivity contribution in [2.45, 2.75) is 13.0 Å². The van der Waals surface area contributed by atoms with Crippen molar-refractivity contribution >= 4 is 0 Å². The third-order valence-corrected chi connectivity index (χ3v) is 4.64. The highest BCUT2D eigenvalue weighted by Crippen LogP contribution is 2.40. The van der Waals surface area contributed by atoms with E-state index in [2.05, 4.69) is 43.5 Å². The zero-order chi connectivity index (χ0) is 17.5. The number of nitrogens with zero attached hydrogens (tertiary/aromatic N) is 6. The first-order valence-corrected chi connectivity index (χ1v) is 8.20. The van der Waals surface area contributed by atoms with Gasteiger partial charge < -0.3 is 0 Å². The van der Waals surface area contributed by atoms with E-state index in [0.717, 1.165) is 23.4 Å². The summed E-state index contributed by atoms with van der Waals surface area (Å²) in [7, 11) is 0. The van der Waals surface area contributed by atoms with Gasteiger partial charge >= 0.3 is 0 Å². The largest absolute Gasteiger partial charge is 0.277 e. The lowest BCUT2D eigenvalue weighted by atomic mass is 10.0. The third-order valence-electron chi connectivity index (χ3n) is 4.64. The molecule has 0 fully saturated rings. The van der Waals surface area contributed by atoms with Crippen LogP contribution in [0.15, 0.2) is 49.2 Å². The fraction of sp³-hybridized carbons (Fsp3) is 0.105. The van der Waals surface area contributed by atoms with Crippen LogP contribution in [0.3, 0.4) is 0 Å².